The van der Waals surface area contributed by atoms with Gasteiger partial charge in [0, 0.05) is 12.7 Å². The van der Waals surface area contributed by atoms with Gasteiger partial charge in [0.15, 0.2) is 10.2 Å². The molecule has 0 radical (unpaired) electrons. The van der Waals surface area contributed by atoms with Crippen LogP contribution in [0.4, 0.5) is 8.78 Å². The third-order valence-corrected chi connectivity index (χ3v) is 4.30. The predicted octanol–water partition coefficient (Wildman–Crippen LogP) is 0.892. The molecule has 1 unspecified atom stereocenters. The highest BCUT2D eigenvalue weighted by atomic mass is 35.5. The Hall–Kier alpha value is -1.29. The zero-order valence-electron chi connectivity index (χ0n) is 9.87. The Kier molecular flexibility index (Phi) is 4.23. The lowest BCUT2D eigenvalue weighted by Gasteiger charge is -2.11. The van der Waals surface area contributed by atoms with Crippen LogP contribution in [0.15, 0.2) is 29.4 Å². The Balaban J connectivity index is 2.35. The molecule has 0 spiro atoms. The number of nitrogens with one attached hydrogen (secondary N) is 1. The van der Waals surface area contributed by atoms with Crippen molar-refractivity contribution in [2.45, 2.75) is 17.6 Å². The number of halogens is 3. The van der Waals surface area contributed by atoms with Crippen molar-refractivity contribution in [3.63, 3.8) is 0 Å². The van der Waals surface area contributed by atoms with E-state index < -0.39 is 29.1 Å². The molecule has 0 aliphatic rings. The lowest BCUT2D eigenvalue weighted by Crippen LogP contribution is -2.36. The largest absolute Gasteiger partial charge is 0.386 e. The van der Waals surface area contributed by atoms with Gasteiger partial charge < -0.3 is 5.11 Å². The van der Waals surface area contributed by atoms with Crippen molar-refractivity contribution in [3.8, 4) is 0 Å². The molecule has 6 nitrogen and oxygen atoms in total. The molecule has 0 bridgehead atoms. The van der Waals surface area contributed by atoms with E-state index in [0.717, 1.165) is 0 Å². The number of rotatable bonds is 5. The molecule has 1 atom stereocenters. The van der Waals surface area contributed by atoms with Gasteiger partial charge in [-0.15, -0.1) is 0 Å². The first-order valence-corrected chi connectivity index (χ1v) is 7.27. The van der Waals surface area contributed by atoms with Crippen LogP contribution in [0.25, 0.3) is 5.65 Å². The summed E-state index contributed by atoms with van der Waals surface area (Å²) in [7, 11) is -4.18. The van der Waals surface area contributed by atoms with Crippen molar-refractivity contribution in [3.05, 3.63) is 29.5 Å². The Bertz CT molecular complexity index is 720. The third kappa shape index (κ3) is 2.90. The van der Waals surface area contributed by atoms with Crippen molar-refractivity contribution >= 4 is 27.3 Å². The molecule has 2 aromatic heterocycles. The predicted molar refractivity (Wildman–Crippen MR) is 67.4 cm³/mol. The summed E-state index contributed by atoms with van der Waals surface area (Å²) in [6, 6.07) is 4.75. The van der Waals surface area contributed by atoms with E-state index in [1.165, 1.54) is 10.6 Å². The Morgan fingerprint density at radius 2 is 2.15 bits per heavy atom. The number of hydrogen-bond acceptors (Lipinski definition) is 4. The number of imidazole rings is 1. The van der Waals surface area contributed by atoms with E-state index in [1.54, 1.807) is 18.2 Å². The van der Waals surface area contributed by atoms with Gasteiger partial charge >= 0.3 is 0 Å². The minimum Gasteiger partial charge on any atom is -0.386 e. The maximum absolute atomic E-state index is 12.1. The molecule has 2 N–H and O–H groups in total. The number of alkyl halides is 2. The number of aromatic nitrogens is 2. The first kappa shape index (κ1) is 15.1. The number of hydrogen-bond donors (Lipinski definition) is 2. The highest BCUT2D eigenvalue weighted by Gasteiger charge is 2.26. The Labute approximate surface area is 118 Å². The van der Waals surface area contributed by atoms with Crippen LogP contribution in [0.5, 0.6) is 0 Å². The average Bonchev–Trinajstić information content (AvgIpc) is 2.72. The minimum absolute atomic E-state index is 0.282. The lowest BCUT2D eigenvalue weighted by atomic mass is 10.4. The summed E-state index contributed by atoms with van der Waals surface area (Å²) in [6.45, 7) is -0.823. The third-order valence-electron chi connectivity index (χ3n) is 2.47. The lowest BCUT2D eigenvalue weighted by molar-refractivity contribution is -0.000459. The van der Waals surface area contributed by atoms with Crippen LogP contribution < -0.4 is 4.72 Å². The average molecular weight is 326 g/mol. The number of nitrogens with zero attached hydrogens (tertiary/aromatic N) is 2. The van der Waals surface area contributed by atoms with Gasteiger partial charge in [0.2, 0.25) is 0 Å². The van der Waals surface area contributed by atoms with E-state index in [9.17, 15) is 17.2 Å². The van der Waals surface area contributed by atoms with Gasteiger partial charge in [0.25, 0.3) is 16.4 Å². The number of fused-ring (bicyclic) bond motifs is 1. The monoisotopic (exact) mass is 325 g/mol. The summed E-state index contributed by atoms with van der Waals surface area (Å²) in [4.78, 5) is 3.84. The van der Waals surface area contributed by atoms with Gasteiger partial charge in [-0.25, -0.2) is 26.9 Å². The van der Waals surface area contributed by atoms with E-state index in [-0.39, 0.29) is 10.2 Å². The minimum atomic E-state index is -4.18. The Morgan fingerprint density at radius 1 is 1.45 bits per heavy atom. The quantitative estimate of drug-likeness (QED) is 0.855. The molecular weight excluding hydrogens is 316 g/mol. The standard InChI is InChI=1S/C10H10ClF2N3O3S/c11-8-10(16-4-2-1-3-7(16)15-8)20(18,19)14-5-6(17)9(12)13/h1-4,6,9,14,17H,5H2. The van der Waals surface area contributed by atoms with Crippen molar-refractivity contribution in [1.29, 1.82) is 0 Å². The van der Waals surface area contributed by atoms with E-state index in [4.69, 9.17) is 16.7 Å². The second kappa shape index (κ2) is 5.60. The number of sulfonamides is 1. The highest BCUT2D eigenvalue weighted by Crippen LogP contribution is 2.22. The molecule has 2 heterocycles. The second-order valence-electron chi connectivity index (χ2n) is 3.89. The van der Waals surface area contributed by atoms with Crippen molar-refractivity contribution in [2.75, 3.05) is 6.54 Å². The second-order valence-corrected chi connectivity index (χ2v) is 5.93. The van der Waals surface area contributed by atoms with E-state index >= 15 is 0 Å². The fourth-order valence-corrected chi connectivity index (χ4v) is 3.23. The van der Waals surface area contributed by atoms with Crippen LogP contribution in [-0.4, -0.2) is 42.0 Å². The van der Waals surface area contributed by atoms with Gasteiger partial charge in [0.1, 0.15) is 11.8 Å². The van der Waals surface area contributed by atoms with Crippen LogP contribution in [-0.2, 0) is 10.0 Å². The molecule has 0 aliphatic heterocycles. The molecule has 0 fully saturated rings. The molecule has 110 valence electrons. The summed E-state index contributed by atoms with van der Waals surface area (Å²) in [6.07, 6.45) is -3.72. The number of aliphatic hydroxyl groups excluding tert-OH is 1. The zero-order valence-corrected chi connectivity index (χ0v) is 11.4. The number of pyridine rings is 1. The van der Waals surface area contributed by atoms with E-state index in [2.05, 4.69) is 4.98 Å². The zero-order chi connectivity index (χ0) is 14.9. The summed E-state index contributed by atoms with van der Waals surface area (Å²) in [5.74, 6) is 0. The fraction of sp³-hybridized carbons (Fsp3) is 0.300. The molecule has 0 saturated heterocycles. The van der Waals surface area contributed by atoms with E-state index in [1.807, 2.05) is 4.72 Å². The van der Waals surface area contributed by atoms with Crippen LogP contribution >= 0.6 is 11.6 Å². The topological polar surface area (TPSA) is 83.7 Å². The maximum atomic E-state index is 12.1. The number of aliphatic hydroxyl groups is 1. The fourth-order valence-electron chi connectivity index (χ4n) is 1.54. The summed E-state index contributed by atoms with van der Waals surface area (Å²) >= 11 is 5.77. The van der Waals surface area contributed by atoms with E-state index in [0.29, 0.717) is 5.65 Å². The van der Waals surface area contributed by atoms with Gasteiger partial charge in [-0.2, -0.15) is 0 Å². The first-order chi connectivity index (χ1) is 9.33. The van der Waals surface area contributed by atoms with Gasteiger partial charge in [-0.05, 0) is 12.1 Å². The van der Waals surface area contributed by atoms with Crippen LogP contribution in [0.2, 0.25) is 5.15 Å². The maximum Gasteiger partial charge on any atom is 0.265 e. The highest BCUT2D eigenvalue weighted by molar-refractivity contribution is 7.89. The molecule has 0 amide bonds. The summed E-state index contributed by atoms with van der Waals surface area (Å²) in [5.41, 5.74) is 0.298. The van der Waals surface area contributed by atoms with Crippen molar-refractivity contribution < 1.29 is 22.3 Å². The molecule has 20 heavy (non-hydrogen) atoms. The SMILES string of the molecule is O=S(=O)(NCC(O)C(F)F)c1c(Cl)nc2ccccn12. The normalized spacial score (nSPS) is 14.1. The molecule has 0 aliphatic carbocycles. The first-order valence-electron chi connectivity index (χ1n) is 5.41. The molecule has 0 saturated carbocycles. The smallest absolute Gasteiger partial charge is 0.265 e. The molecule has 0 aromatic carbocycles. The van der Waals surface area contributed by atoms with Crippen molar-refractivity contribution in [1.82, 2.24) is 14.1 Å². The van der Waals surface area contributed by atoms with Crippen LogP contribution in [0, 0.1) is 0 Å². The van der Waals surface area contributed by atoms with Gasteiger partial charge in [-0.1, -0.05) is 17.7 Å². The Morgan fingerprint density at radius 3 is 2.80 bits per heavy atom. The molecule has 2 aromatic rings. The van der Waals surface area contributed by atoms with Crippen LogP contribution in [0.1, 0.15) is 0 Å². The summed E-state index contributed by atoms with van der Waals surface area (Å²) in [5, 5.41) is 8.29. The molecular formula is C10H10ClF2N3O3S. The van der Waals surface area contributed by atoms with Crippen molar-refractivity contribution in [2.24, 2.45) is 0 Å². The molecule has 2 rings (SSSR count). The van der Waals surface area contributed by atoms with Gasteiger partial charge in [0.05, 0.1) is 0 Å². The summed E-state index contributed by atoms with van der Waals surface area (Å²) < 4.78 is 51.5. The van der Waals surface area contributed by atoms with Gasteiger partial charge in [-0.3, -0.25) is 4.40 Å². The molecule has 10 heteroatoms. The van der Waals surface area contributed by atoms with Crippen LogP contribution in [0.3, 0.4) is 0 Å².